The van der Waals surface area contributed by atoms with Gasteiger partial charge in [0.15, 0.2) is 5.75 Å². The summed E-state index contributed by atoms with van der Waals surface area (Å²) in [5.74, 6) is -0.536. The molecule has 0 atom stereocenters. The third-order valence-electron chi connectivity index (χ3n) is 2.68. The van der Waals surface area contributed by atoms with Gasteiger partial charge in [-0.05, 0) is 30.3 Å². The van der Waals surface area contributed by atoms with Gasteiger partial charge in [0.25, 0.3) is 5.91 Å². The number of rotatable bonds is 4. The van der Waals surface area contributed by atoms with Gasteiger partial charge in [0.1, 0.15) is 5.75 Å². The van der Waals surface area contributed by atoms with E-state index >= 15 is 0 Å². The Morgan fingerprint density at radius 1 is 0.950 bits per heavy atom. The van der Waals surface area contributed by atoms with Crippen molar-refractivity contribution in [3.8, 4) is 11.5 Å². The molecule has 0 aliphatic carbocycles. The van der Waals surface area contributed by atoms with Crippen molar-refractivity contribution in [2.24, 2.45) is 11.5 Å². The minimum absolute atomic E-state index is 0.143. The number of primary amides is 2. The molecule has 2 amide bonds. The number of para-hydroxylation sites is 1. The van der Waals surface area contributed by atoms with E-state index in [1.54, 1.807) is 30.3 Å². The maximum atomic E-state index is 11.2. The van der Waals surface area contributed by atoms with Gasteiger partial charge in [-0.15, -0.1) is 0 Å². The zero-order valence-electron chi connectivity index (χ0n) is 10.5. The molecule has 102 valence electrons. The highest BCUT2D eigenvalue weighted by atomic mass is 16.5. The summed E-state index contributed by atoms with van der Waals surface area (Å²) in [5.41, 5.74) is 16.8. The van der Waals surface area contributed by atoms with E-state index in [1.165, 1.54) is 12.1 Å². The Balaban J connectivity index is 2.35. The average molecular weight is 271 g/mol. The molecule has 0 spiro atoms. The van der Waals surface area contributed by atoms with Crippen LogP contribution >= 0.6 is 0 Å². The van der Waals surface area contributed by atoms with E-state index < -0.39 is 11.8 Å². The second-order valence-corrected chi connectivity index (χ2v) is 4.08. The van der Waals surface area contributed by atoms with Crippen LogP contribution < -0.4 is 21.9 Å². The number of ether oxygens (including phenoxy) is 1. The molecule has 6 nitrogen and oxygen atoms in total. The molecular formula is C14H13N3O3. The topological polar surface area (TPSA) is 121 Å². The van der Waals surface area contributed by atoms with Crippen LogP contribution in [0, 0.1) is 0 Å². The first kappa shape index (κ1) is 13.4. The molecule has 6 N–H and O–H groups in total. The standard InChI is InChI=1S/C14H13N3O3/c15-12-10(14(17)19)5-2-6-11(12)20-9-4-1-3-8(7-9)13(16)18/h1-7H,15H2,(H2,16,18)(H2,17,19). The zero-order valence-corrected chi connectivity index (χ0v) is 10.5. The number of benzene rings is 2. The van der Waals surface area contributed by atoms with Crippen LogP contribution in [-0.2, 0) is 0 Å². The number of amides is 2. The van der Waals surface area contributed by atoms with Crippen molar-refractivity contribution < 1.29 is 14.3 Å². The van der Waals surface area contributed by atoms with E-state index in [-0.39, 0.29) is 17.0 Å². The first-order valence-corrected chi connectivity index (χ1v) is 5.75. The first-order valence-electron chi connectivity index (χ1n) is 5.75. The van der Waals surface area contributed by atoms with Gasteiger partial charge in [0, 0.05) is 5.56 Å². The average Bonchev–Trinajstić information content (AvgIpc) is 2.41. The van der Waals surface area contributed by atoms with E-state index in [4.69, 9.17) is 21.9 Å². The molecule has 0 saturated carbocycles. The Bertz CT molecular complexity index is 683. The SMILES string of the molecule is NC(=O)c1cccc(Oc2cccc(C(N)=O)c2N)c1. The van der Waals surface area contributed by atoms with Crippen LogP contribution in [0.3, 0.4) is 0 Å². The third-order valence-corrected chi connectivity index (χ3v) is 2.68. The van der Waals surface area contributed by atoms with Gasteiger partial charge in [-0.25, -0.2) is 0 Å². The van der Waals surface area contributed by atoms with Crippen molar-refractivity contribution in [2.45, 2.75) is 0 Å². The van der Waals surface area contributed by atoms with Gasteiger partial charge in [-0.1, -0.05) is 12.1 Å². The lowest BCUT2D eigenvalue weighted by Crippen LogP contribution is -2.13. The van der Waals surface area contributed by atoms with Gasteiger partial charge in [-0.2, -0.15) is 0 Å². The predicted molar refractivity (Wildman–Crippen MR) is 74.4 cm³/mol. The Morgan fingerprint density at radius 3 is 2.30 bits per heavy atom. The van der Waals surface area contributed by atoms with Gasteiger partial charge in [0.05, 0.1) is 11.3 Å². The number of anilines is 1. The minimum atomic E-state index is -0.640. The molecule has 0 aromatic heterocycles. The Kier molecular flexibility index (Phi) is 3.56. The third kappa shape index (κ3) is 2.69. The smallest absolute Gasteiger partial charge is 0.250 e. The van der Waals surface area contributed by atoms with Crippen LogP contribution in [0.2, 0.25) is 0 Å². The van der Waals surface area contributed by atoms with Crippen LogP contribution in [0.4, 0.5) is 5.69 Å². The van der Waals surface area contributed by atoms with E-state index in [0.29, 0.717) is 11.3 Å². The maximum Gasteiger partial charge on any atom is 0.250 e. The lowest BCUT2D eigenvalue weighted by Gasteiger charge is -2.11. The Hall–Kier alpha value is -3.02. The molecule has 0 saturated heterocycles. The number of hydrogen-bond donors (Lipinski definition) is 3. The molecule has 2 rings (SSSR count). The quantitative estimate of drug-likeness (QED) is 0.724. The maximum absolute atomic E-state index is 11.2. The summed E-state index contributed by atoms with van der Waals surface area (Å²) in [6.45, 7) is 0. The molecule has 0 bridgehead atoms. The van der Waals surface area contributed by atoms with Crippen molar-refractivity contribution >= 4 is 17.5 Å². The van der Waals surface area contributed by atoms with Crippen molar-refractivity contribution in [3.05, 3.63) is 53.6 Å². The lowest BCUT2D eigenvalue weighted by atomic mass is 10.1. The summed E-state index contributed by atoms with van der Waals surface area (Å²) in [5, 5.41) is 0. The molecule has 0 unspecified atom stereocenters. The molecule has 20 heavy (non-hydrogen) atoms. The largest absolute Gasteiger partial charge is 0.455 e. The highest BCUT2D eigenvalue weighted by molar-refractivity contribution is 5.99. The van der Waals surface area contributed by atoms with Gasteiger partial charge in [-0.3, -0.25) is 9.59 Å². The summed E-state index contributed by atoms with van der Waals surface area (Å²) >= 11 is 0. The Labute approximate surface area is 115 Å². The monoisotopic (exact) mass is 271 g/mol. The molecule has 0 fully saturated rings. The fourth-order valence-corrected chi connectivity index (χ4v) is 1.69. The predicted octanol–water partition coefficient (Wildman–Crippen LogP) is 1.26. The summed E-state index contributed by atoms with van der Waals surface area (Å²) in [6, 6.07) is 11.0. The summed E-state index contributed by atoms with van der Waals surface area (Å²) in [7, 11) is 0. The van der Waals surface area contributed by atoms with E-state index in [2.05, 4.69) is 0 Å². The first-order chi connectivity index (χ1) is 9.49. The summed E-state index contributed by atoms with van der Waals surface area (Å²) in [4.78, 5) is 22.3. The molecule has 0 aliphatic rings. The molecular weight excluding hydrogens is 258 g/mol. The second-order valence-electron chi connectivity index (χ2n) is 4.08. The molecule has 0 radical (unpaired) electrons. The number of hydrogen-bond acceptors (Lipinski definition) is 4. The van der Waals surface area contributed by atoms with Gasteiger partial charge >= 0.3 is 0 Å². The Morgan fingerprint density at radius 2 is 1.65 bits per heavy atom. The molecule has 6 heteroatoms. The fraction of sp³-hybridized carbons (Fsp3) is 0. The van der Waals surface area contributed by atoms with E-state index in [0.717, 1.165) is 0 Å². The van der Waals surface area contributed by atoms with Crippen molar-refractivity contribution in [1.29, 1.82) is 0 Å². The van der Waals surface area contributed by atoms with Crippen molar-refractivity contribution in [1.82, 2.24) is 0 Å². The minimum Gasteiger partial charge on any atom is -0.455 e. The van der Waals surface area contributed by atoms with Crippen LogP contribution in [0.25, 0.3) is 0 Å². The van der Waals surface area contributed by atoms with Crippen LogP contribution in [-0.4, -0.2) is 11.8 Å². The number of carbonyl (C=O) groups excluding carboxylic acids is 2. The van der Waals surface area contributed by atoms with Crippen LogP contribution in [0.5, 0.6) is 11.5 Å². The molecule has 2 aromatic rings. The normalized spacial score (nSPS) is 10.0. The summed E-state index contributed by atoms with van der Waals surface area (Å²) < 4.78 is 5.55. The van der Waals surface area contributed by atoms with E-state index in [9.17, 15) is 9.59 Å². The van der Waals surface area contributed by atoms with Crippen molar-refractivity contribution in [2.75, 3.05) is 5.73 Å². The summed E-state index contributed by atoms with van der Waals surface area (Å²) in [6.07, 6.45) is 0. The van der Waals surface area contributed by atoms with Crippen LogP contribution in [0.15, 0.2) is 42.5 Å². The zero-order chi connectivity index (χ0) is 14.7. The lowest BCUT2D eigenvalue weighted by molar-refractivity contribution is 0.0992. The second kappa shape index (κ2) is 5.31. The highest BCUT2D eigenvalue weighted by Crippen LogP contribution is 2.30. The van der Waals surface area contributed by atoms with Crippen LogP contribution in [0.1, 0.15) is 20.7 Å². The molecule has 0 aliphatic heterocycles. The molecule has 2 aromatic carbocycles. The number of nitrogens with two attached hydrogens (primary N) is 3. The van der Waals surface area contributed by atoms with Gasteiger partial charge in [0.2, 0.25) is 5.91 Å². The van der Waals surface area contributed by atoms with Gasteiger partial charge < -0.3 is 21.9 Å². The number of carbonyl (C=O) groups is 2. The van der Waals surface area contributed by atoms with E-state index in [1.807, 2.05) is 0 Å². The van der Waals surface area contributed by atoms with Crippen molar-refractivity contribution in [3.63, 3.8) is 0 Å². The fourth-order valence-electron chi connectivity index (χ4n) is 1.69. The molecule has 0 heterocycles. The number of nitrogen functional groups attached to an aromatic ring is 1. The highest BCUT2D eigenvalue weighted by Gasteiger charge is 2.11.